The average Bonchev–Trinajstić information content (AvgIpc) is 2.39. The first-order chi connectivity index (χ1) is 9.56. The number of nitrogens with one attached hydrogen (secondary N) is 1. The van der Waals surface area contributed by atoms with E-state index in [1.807, 2.05) is 30.3 Å². The van der Waals surface area contributed by atoms with Gasteiger partial charge in [-0.1, -0.05) is 30.3 Å². The number of rotatable bonds is 3. The number of aromatic nitrogens is 1. The van der Waals surface area contributed by atoms with Gasteiger partial charge in [-0.2, -0.15) is 0 Å². The Morgan fingerprint density at radius 3 is 2.45 bits per heavy atom. The third-order valence-electron chi connectivity index (χ3n) is 3.20. The van der Waals surface area contributed by atoms with E-state index in [9.17, 15) is 9.59 Å². The van der Waals surface area contributed by atoms with Crippen LogP contribution in [0.2, 0.25) is 0 Å². The van der Waals surface area contributed by atoms with Crippen molar-refractivity contribution in [2.45, 2.75) is 20.8 Å². The Balaban J connectivity index is 2.68. The molecule has 0 spiro atoms. The molecule has 0 amide bonds. The molecule has 0 saturated heterocycles. The predicted molar refractivity (Wildman–Crippen MR) is 77.9 cm³/mol. The lowest BCUT2D eigenvalue weighted by atomic mass is 9.97. The molecule has 1 aromatic carbocycles. The molecule has 0 radical (unpaired) electrons. The van der Waals surface area contributed by atoms with Gasteiger partial charge in [0, 0.05) is 5.69 Å². The third-order valence-corrected chi connectivity index (χ3v) is 3.20. The lowest BCUT2D eigenvalue weighted by Gasteiger charge is -2.12. The summed E-state index contributed by atoms with van der Waals surface area (Å²) in [6.07, 6.45) is 0. The molecule has 104 valence electrons. The van der Waals surface area contributed by atoms with Crippen LogP contribution in [0.3, 0.4) is 0 Å². The van der Waals surface area contributed by atoms with Crippen molar-refractivity contribution in [2.75, 3.05) is 6.61 Å². The summed E-state index contributed by atoms with van der Waals surface area (Å²) in [6.45, 7) is 5.54. The molecule has 20 heavy (non-hydrogen) atoms. The number of carbonyl (C=O) groups is 1. The molecule has 0 unspecified atom stereocenters. The Morgan fingerprint density at radius 2 is 1.85 bits per heavy atom. The number of hydrogen-bond acceptors (Lipinski definition) is 3. The molecule has 0 saturated carbocycles. The van der Waals surface area contributed by atoms with Crippen LogP contribution in [0.5, 0.6) is 0 Å². The number of hydrogen-bond donors (Lipinski definition) is 1. The van der Waals surface area contributed by atoms with Crippen molar-refractivity contribution in [3.63, 3.8) is 0 Å². The van der Waals surface area contributed by atoms with Gasteiger partial charge in [-0.3, -0.25) is 4.79 Å². The maximum absolute atomic E-state index is 12.2. The minimum absolute atomic E-state index is 0.195. The number of pyridine rings is 1. The molecule has 0 fully saturated rings. The van der Waals surface area contributed by atoms with Gasteiger partial charge in [0.05, 0.1) is 17.7 Å². The van der Waals surface area contributed by atoms with E-state index in [4.69, 9.17) is 4.74 Å². The van der Waals surface area contributed by atoms with Gasteiger partial charge in [-0.15, -0.1) is 0 Å². The summed E-state index contributed by atoms with van der Waals surface area (Å²) >= 11 is 0. The molecule has 0 aliphatic heterocycles. The van der Waals surface area contributed by atoms with Crippen molar-refractivity contribution in [1.29, 1.82) is 0 Å². The van der Waals surface area contributed by atoms with Gasteiger partial charge in [0.1, 0.15) is 0 Å². The van der Waals surface area contributed by atoms with Crippen LogP contribution in [0, 0.1) is 13.8 Å². The third kappa shape index (κ3) is 2.50. The highest BCUT2D eigenvalue weighted by Gasteiger charge is 2.19. The van der Waals surface area contributed by atoms with Crippen molar-refractivity contribution >= 4 is 5.97 Å². The minimum Gasteiger partial charge on any atom is -0.462 e. The second kappa shape index (κ2) is 5.74. The van der Waals surface area contributed by atoms with Gasteiger partial charge < -0.3 is 9.72 Å². The number of carbonyl (C=O) groups excluding carboxylic acids is 1. The fraction of sp³-hybridized carbons (Fsp3) is 0.250. The van der Waals surface area contributed by atoms with Crippen molar-refractivity contribution < 1.29 is 9.53 Å². The van der Waals surface area contributed by atoms with Crippen LogP contribution in [0.25, 0.3) is 11.1 Å². The summed E-state index contributed by atoms with van der Waals surface area (Å²) in [4.78, 5) is 27.0. The molecule has 2 rings (SSSR count). The molecule has 4 nitrogen and oxygen atoms in total. The van der Waals surface area contributed by atoms with Crippen LogP contribution in [-0.4, -0.2) is 17.6 Å². The average molecular weight is 271 g/mol. The van der Waals surface area contributed by atoms with Crippen molar-refractivity contribution in [2.24, 2.45) is 0 Å². The van der Waals surface area contributed by atoms with Gasteiger partial charge in [-0.25, -0.2) is 4.79 Å². The molecular formula is C16H17NO3. The van der Waals surface area contributed by atoms with Crippen LogP contribution >= 0.6 is 0 Å². The predicted octanol–water partition coefficient (Wildman–Crippen LogP) is 2.84. The molecule has 4 heteroatoms. The Morgan fingerprint density at radius 1 is 1.20 bits per heavy atom. The van der Waals surface area contributed by atoms with E-state index < -0.39 is 5.97 Å². The number of aromatic amines is 1. The molecule has 2 aromatic rings. The fourth-order valence-electron chi connectivity index (χ4n) is 2.33. The summed E-state index contributed by atoms with van der Waals surface area (Å²) in [7, 11) is 0. The first-order valence-electron chi connectivity index (χ1n) is 6.52. The van der Waals surface area contributed by atoms with Crippen molar-refractivity contribution in [3.8, 4) is 11.1 Å². The van der Waals surface area contributed by atoms with E-state index in [0.29, 0.717) is 29.0 Å². The van der Waals surface area contributed by atoms with E-state index in [2.05, 4.69) is 4.98 Å². The number of esters is 1. The van der Waals surface area contributed by atoms with Crippen molar-refractivity contribution in [1.82, 2.24) is 4.98 Å². The minimum atomic E-state index is -0.407. The second-order valence-electron chi connectivity index (χ2n) is 4.54. The SMILES string of the molecule is CCOC(=O)c1c(C)[nH]c(=O)c(-c2ccccc2)c1C. The zero-order valence-corrected chi connectivity index (χ0v) is 11.8. The van der Waals surface area contributed by atoms with Crippen LogP contribution in [0.4, 0.5) is 0 Å². The van der Waals surface area contributed by atoms with E-state index in [0.717, 1.165) is 5.56 Å². The topological polar surface area (TPSA) is 59.2 Å². The van der Waals surface area contributed by atoms with Gasteiger partial charge in [-0.05, 0) is 31.9 Å². The molecule has 1 N–H and O–H groups in total. The Kier molecular flexibility index (Phi) is 4.03. The van der Waals surface area contributed by atoms with Crippen molar-refractivity contribution in [3.05, 3.63) is 57.5 Å². The maximum Gasteiger partial charge on any atom is 0.340 e. The first-order valence-corrected chi connectivity index (χ1v) is 6.52. The summed E-state index contributed by atoms with van der Waals surface area (Å²) in [5.74, 6) is -0.407. The van der Waals surface area contributed by atoms with Crippen LogP contribution in [-0.2, 0) is 4.74 Å². The van der Waals surface area contributed by atoms with Crippen LogP contribution < -0.4 is 5.56 Å². The zero-order chi connectivity index (χ0) is 14.7. The lowest BCUT2D eigenvalue weighted by Crippen LogP contribution is -2.19. The monoisotopic (exact) mass is 271 g/mol. The first kappa shape index (κ1) is 14.1. The van der Waals surface area contributed by atoms with E-state index >= 15 is 0 Å². The van der Waals surface area contributed by atoms with Gasteiger partial charge in [0.25, 0.3) is 5.56 Å². The molecule has 1 heterocycles. The fourth-order valence-corrected chi connectivity index (χ4v) is 2.33. The van der Waals surface area contributed by atoms with E-state index in [1.54, 1.807) is 20.8 Å². The summed E-state index contributed by atoms with van der Waals surface area (Å²) in [5.41, 5.74) is 2.72. The number of benzene rings is 1. The molecule has 0 atom stereocenters. The Labute approximate surface area is 117 Å². The number of ether oxygens (including phenoxy) is 1. The molecular weight excluding hydrogens is 254 g/mol. The zero-order valence-electron chi connectivity index (χ0n) is 11.8. The number of aryl methyl sites for hydroxylation is 1. The quantitative estimate of drug-likeness (QED) is 0.873. The van der Waals surface area contributed by atoms with E-state index in [-0.39, 0.29) is 5.56 Å². The highest BCUT2D eigenvalue weighted by atomic mass is 16.5. The summed E-state index contributed by atoms with van der Waals surface area (Å²) in [6, 6.07) is 9.30. The van der Waals surface area contributed by atoms with Crippen LogP contribution in [0.1, 0.15) is 28.5 Å². The number of H-pyrrole nitrogens is 1. The lowest BCUT2D eigenvalue weighted by molar-refractivity contribution is 0.0524. The standard InChI is InChI=1S/C16H17NO3/c1-4-20-16(19)13-10(2)14(15(18)17-11(13)3)12-8-6-5-7-9-12/h5-9H,4H2,1-3H3,(H,17,18). The summed E-state index contributed by atoms with van der Waals surface area (Å²) in [5, 5.41) is 0. The Hall–Kier alpha value is -2.36. The Bertz CT molecular complexity index is 687. The highest BCUT2D eigenvalue weighted by Crippen LogP contribution is 2.23. The second-order valence-corrected chi connectivity index (χ2v) is 4.54. The molecule has 0 aliphatic rings. The molecule has 0 bridgehead atoms. The summed E-state index contributed by atoms with van der Waals surface area (Å²) < 4.78 is 5.06. The molecule has 0 aliphatic carbocycles. The van der Waals surface area contributed by atoms with Crippen LogP contribution in [0.15, 0.2) is 35.1 Å². The van der Waals surface area contributed by atoms with Gasteiger partial charge in [0.15, 0.2) is 0 Å². The molecule has 1 aromatic heterocycles. The van der Waals surface area contributed by atoms with E-state index in [1.165, 1.54) is 0 Å². The highest BCUT2D eigenvalue weighted by molar-refractivity contribution is 5.94. The normalized spacial score (nSPS) is 10.3. The van der Waals surface area contributed by atoms with Gasteiger partial charge in [0.2, 0.25) is 0 Å². The maximum atomic E-state index is 12.2. The van der Waals surface area contributed by atoms with Gasteiger partial charge >= 0.3 is 5.97 Å². The largest absolute Gasteiger partial charge is 0.462 e. The smallest absolute Gasteiger partial charge is 0.340 e.